The molecule has 1 atom stereocenters. The highest BCUT2D eigenvalue weighted by molar-refractivity contribution is 5.33. The number of rotatable bonds is 2. The van der Waals surface area contributed by atoms with Gasteiger partial charge in [0.25, 0.3) is 0 Å². The van der Waals surface area contributed by atoms with Gasteiger partial charge in [-0.3, -0.25) is 0 Å². The number of hydrogen-bond acceptors (Lipinski definition) is 4. The lowest BCUT2D eigenvalue weighted by Gasteiger charge is -2.10. The minimum Gasteiger partial charge on any atom is -0.384 e. The van der Waals surface area contributed by atoms with Crippen LogP contribution in [0.1, 0.15) is 49.2 Å². The molecular formula is C11H15N3O. The van der Waals surface area contributed by atoms with Gasteiger partial charge in [-0.1, -0.05) is 0 Å². The monoisotopic (exact) mass is 205 g/mol. The maximum Gasteiger partial charge on any atom is 0.159 e. The smallest absolute Gasteiger partial charge is 0.159 e. The van der Waals surface area contributed by atoms with Crippen molar-refractivity contribution in [3.63, 3.8) is 0 Å². The molecule has 15 heavy (non-hydrogen) atoms. The molecule has 1 aliphatic carbocycles. The number of nitrogen functional groups attached to an aromatic ring is 1. The minimum atomic E-state index is 0.0750. The summed E-state index contributed by atoms with van der Waals surface area (Å²) in [5.41, 5.74) is 6.89. The summed E-state index contributed by atoms with van der Waals surface area (Å²) in [5.74, 6) is 1.99. The summed E-state index contributed by atoms with van der Waals surface area (Å²) in [6.07, 6.45) is 4.67. The zero-order valence-corrected chi connectivity index (χ0v) is 8.65. The Hall–Kier alpha value is -1.16. The Kier molecular flexibility index (Phi) is 2.09. The number of ether oxygens (including phenoxy) is 1. The fraction of sp³-hybridized carbons (Fsp3) is 0.636. The molecule has 0 bridgehead atoms. The Labute approximate surface area is 88.9 Å². The van der Waals surface area contributed by atoms with Crippen molar-refractivity contribution in [2.24, 2.45) is 0 Å². The Bertz CT molecular complexity index is 370. The summed E-state index contributed by atoms with van der Waals surface area (Å²) < 4.78 is 5.57. The third-order valence-electron chi connectivity index (χ3n) is 3.00. The van der Waals surface area contributed by atoms with Crippen molar-refractivity contribution in [2.75, 3.05) is 12.3 Å². The molecule has 0 aromatic carbocycles. The molecule has 1 saturated heterocycles. The van der Waals surface area contributed by atoms with Gasteiger partial charge in [-0.25, -0.2) is 9.97 Å². The van der Waals surface area contributed by atoms with E-state index in [0.717, 1.165) is 31.0 Å². The Morgan fingerprint density at radius 2 is 2.13 bits per heavy atom. The SMILES string of the molecule is Nc1cc(C2CC2)nc(C2CCCO2)n1. The molecule has 0 spiro atoms. The van der Waals surface area contributed by atoms with Gasteiger partial charge in [-0.05, 0) is 25.7 Å². The molecule has 1 aromatic heterocycles. The van der Waals surface area contributed by atoms with Crippen molar-refractivity contribution >= 4 is 5.82 Å². The molecule has 4 heteroatoms. The van der Waals surface area contributed by atoms with Gasteiger partial charge >= 0.3 is 0 Å². The number of nitrogens with zero attached hydrogens (tertiary/aromatic N) is 2. The van der Waals surface area contributed by atoms with Crippen LogP contribution in [0.3, 0.4) is 0 Å². The predicted octanol–water partition coefficient (Wildman–Crippen LogP) is 1.79. The number of aromatic nitrogens is 2. The molecule has 3 rings (SSSR count). The van der Waals surface area contributed by atoms with Gasteiger partial charge in [-0.2, -0.15) is 0 Å². The van der Waals surface area contributed by atoms with Crippen LogP contribution in [0.4, 0.5) is 5.82 Å². The first-order valence-corrected chi connectivity index (χ1v) is 5.59. The summed E-state index contributed by atoms with van der Waals surface area (Å²) in [5, 5.41) is 0. The van der Waals surface area contributed by atoms with Crippen LogP contribution in [0.5, 0.6) is 0 Å². The van der Waals surface area contributed by atoms with Crippen LogP contribution in [0, 0.1) is 0 Å². The van der Waals surface area contributed by atoms with Crippen LogP contribution >= 0.6 is 0 Å². The summed E-state index contributed by atoms with van der Waals surface area (Å²) in [4.78, 5) is 8.83. The molecule has 1 unspecified atom stereocenters. The molecule has 2 N–H and O–H groups in total. The first-order valence-electron chi connectivity index (χ1n) is 5.59. The average Bonchev–Trinajstić information content (AvgIpc) is 2.93. The molecule has 2 aliphatic rings. The quantitative estimate of drug-likeness (QED) is 0.799. The van der Waals surface area contributed by atoms with Crippen molar-refractivity contribution in [3.05, 3.63) is 17.6 Å². The zero-order chi connectivity index (χ0) is 10.3. The van der Waals surface area contributed by atoms with Crippen LogP contribution in [0.2, 0.25) is 0 Å². The molecule has 2 fully saturated rings. The lowest BCUT2D eigenvalue weighted by molar-refractivity contribution is 0.105. The van der Waals surface area contributed by atoms with Gasteiger partial charge in [-0.15, -0.1) is 0 Å². The second-order valence-electron chi connectivity index (χ2n) is 4.35. The van der Waals surface area contributed by atoms with Gasteiger partial charge in [0.1, 0.15) is 11.9 Å². The molecule has 1 saturated carbocycles. The van der Waals surface area contributed by atoms with E-state index >= 15 is 0 Å². The highest BCUT2D eigenvalue weighted by atomic mass is 16.5. The van der Waals surface area contributed by atoms with E-state index in [0.29, 0.717) is 11.7 Å². The van der Waals surface area contributed by atoms with Crippen LogP contribution in [0.15, 0.2) is 6.07 Å². The lowest BCUT2D eigenvalue weighted by atomic mass is 10.2. The zero-order valence-electron chi connectivity index (χ0n) is 8.65. The van der Waals surface area contributed by atoms with Crippen LogP contribution < -0.4 is 5.73 Å². The predicted molar refractivity (Wildman–Crippen MR) is 56.3 cm³/mol. The van der Waals surface area contributed by atoms with E-state index in [2.05, 4.69) is 9.97 Å². The summed E-state index contributed by atoms with van der Waals surface area (Å²) in [6, 6.07) is 1.90. The topological polar surface area (TPSA) is 61.0 Å². The van der Waals surface area contributed by atoms with E-state index in [-0.39, 0.29) is 6.10 Å². The fourth-order valence-electron chi connectivity index (χ4n) is 2.02. The maximum absolute atomic E-state index is 5.79. The van der Waals surface area contributed by atoms with Gasteiger partial charge in [0.05, 0.1) is 0 Å². The van der Waals surface area contributed by atoms with Gasteiger partial charge < -0.3 is 10.5 Å². The summed E-state index contributed by atoms with van der Waals surface area (Å²) in [6.45, 7) is 0.821. The Morgan fingerprint density at radius 1 is 1.27 bits per heavy atom. The summed E-state index contributed by atoms with van der Waals surface area (Å²) in [7, 11) is 0. The second-order valence-corrected chi connectivity index (χ2v) is 4.35. The van der Waals surface area contributed by atoms with Crippen molar-refractivity contribution in [2.45, 2.75) is 37.7 Å². The van der Waals surface area contributed by atoms with Crippen LogP contribution in [-0.4, -0.2) is 16.6 Å². The molecule has 1 aromatic rings. The van der Waals surface area contributed by atoms with Gasteiger partial charge in [0, 0.05) is 24.3 Å². The molecule has 80 valence electrons. The van der Waals surface area contributed by atoms with Crippen molar-refractivity contribution in [1.29, 1.82) is 0 Å². The maximum atomic E-state index is 5.79. The lowest BCUT2D eigenvalue weighted by Crippen LogP contribution is -2.07. The number of nitrogens with two attached hydrogens (primary N) is 1. The molecule has 1 aliphatic heterocycles. The van der Waals surface area contributed by atoms with E-state index in [4.69, 9.17) is 10.5 Å². The van der Waals surface area contributed by atoms with E-state index in [1.54, 1.807) is 0 Å². The summed E-state index contributed by atoms with van der Waals surface area (Å²) >= 11 is 0. The normalized spacial score (nSPS) is 25.7. The minimum absolute atomic E-state index is 0.0750. The van der Waals surface area contributed by atoms with E-state index in [1.165, 1.54) is 12.8 Å². The van der Waals surface area contributed by atoms with Crippen molar-refractivity contribution in [1.82, 2.24) is 9.97 Å². The third kappa shape index (κ3) is 1.81. The largest absolute Gasteiger partial charge is 0.384 e. The molecule has 0 radical (unpaired) electrons. The van der Waals surface area contributed by atoms with E-state index in [1.807, 2.05) is 6.07 Å². The first kappa shape index (κ1) is 9.09. The van der Waals surface area contributed by atoms with Crippen LogP contribution in [-0.2, 0) is 4.74 Å². The number of hydrogen-bond donors (Lipinski definition) is 1. The van der Waals surface area contributed by atoms with Gasteiger partial charge in [0.15, 0.2) is 5.82 Å². The average molecular weight is 205 g/mol. The third-order valence-corrected chi connectivity index (χ3v) is 3.00. The molecule has 0 amide bonds. The van der Waals surface area contributed by atoms with E-state index in [9.17, 15) is 0 Å². The highest BCUT2D eigenvalue weighted by Crippen LogP contribution is 2.40. The second kappa shape index (κ2) is 3.45. The highest BCUT2D eigenvalue weighted by Gasteiger charge is 2.28. The van der Waals surface area contributed by atoms with Gasteiger partial charge in [0.2, 0.25) is 0 Å². The Morgan fingerprint density at radius 3 is 2.80 bits per heavy atom. The number of anilines is 1. The Balaban J connectivity index is 1.91. The first-order chi connectivity index (χ1) is 7.33. The van der Waals surface area contributed by atoms with Crippen molar-refractivity contribution in [3.8, 4) is 0 Å². The standard InChI is InChI=1S/C11H15N3O/c12-10-6-8(7-3-4-7)13-11(14-10)9-2-1-5-15-9/h6-7,9H,1-5H2,(H2,12,13,14). The van der Waals surface area contributed by atoms with E-state index < -0.39 is 0 Å². The van der Waals surface area contributed by atoms with Crippen molar-refractivity contribution < 1.29 is 4.74 Å². The molecule has 2 heterocycles. The van der Waals surface area contributed by atoms with Crippen LogP contribution in [0.25, 0.3) is 0 Å². The molecular weight excluding hydrogens is 190 g/mol. The molecule has 4 nitrogen and oxygen atoms in total. The fourth-order valence-corrected chi connectivity index (χ4v) is 2.02.